The van der Waals surface area contributed by atoms with Crippen molar-refractivity contribution in [3.05, 3.63) is 70.8 Å². The SMILES string of the molecule is Cc1cc(-c2ccc(N=Nc3c(N)c(C)cc(S(=O)(=O)[O-])c3N)c(C)c2)ccc1N=Nc1c(N)c(C)cc(SOO[O-])c1N.[Na+].[Na+]. The summed E-state index contributed by atoms with van der Waals surface area (Å²) < 4.78 is 39.2. The molecule has 46 heavy (non-hydrogen) atoms. The largest absolute Gasteiger partial charge is 1.00 e. The molecular weight excluding hydrogens is 654 g/mol. The third kappa shape index (κ3) is 8.85. The van der Waals surface area contributed by atoms with E-state index in [0.29, 0.717) is 45.1 Å². The Labute approximate surface area is 314 Å². The molecule has 18 heteroatoms. The van der Waals surface area contributed by atoms with Gasteiger partial charge in [0.25, 0.3) is 0 Å². The number of anilines is 4. The van der Waals surface area contributed by atoms with Crippen LogP contribution < -0.4 is 87.3 Å². The van der Waals surface area contributed by atoms with E-state index in [1.807, 2.05) is 38.1 Å². The molecule has 0 saturated carbocycles. The first-order valence-electron chi connectivity index (χ1n) is 12.7. The van der Waals surface area contributed by atoms with E-state index in [4.69, 9.17) is 22.9 Å². The van der Waals surface area contributed by atoms with E-state index in [-0.39, 0.29) is 87.6 Å². The smallest absolute Gasteiger partial charge is 0.744 e. The van der Waals surface area contributed by atoms with Gasteiger partial charge in [-0.1, -0.05) is 12.1 Å². The topological polar surface area (TPSA) is 252 Å². The number of nitrogen functional groups attached to an aromatic ring is 4. The van der Waals surface area contributed by atoms with Gasteiger partial charge in [-0.25, -0.2) is 8.42 Å². The van der Waals surface area contributed by atoms with Gasteiger partial charge in [-0.15, -0.1) is 10.2 Å². The molecule has 4 rings (SSSR count). The summed E-state index contributed by atoms with van der Waals surface area (Å²) in [4.78, 5) is -0.198. The van der Waals surface area contributed by atoms with Crippen molar-refractivity contribution < 1.29 is 86.7 Å². The van der Waals surface area contributed by atoms with Gasteiger partial charge in [-0.2, -0.15) is 14.6 Å². The Bertz CT molecular complexity index is 1940. The number of hydrogen-bond acceptors (Lipinski definition) is 15. The summed E-state index contributed by atoms with van der Waals surface area (Å²) in [6, 6.07) is 13.9. The van der Waals surface area contributed by atoms with Gasteiger partial charge in [0.15, 0.2) is 0 Å². The molecule has 0 aromatic heterocycles. The number of hydrogen-bond donors (Lipinski definition) is 4. The van der Waals surface area contributed by atoms with Crippen molar-refractivity contribution in [2.45, 2.75) is 37.5 Å². The van der Waals surface area contributed by atoms with E-state index in [9.17, 15) is 18.2 Å². The fraction of sp³-hybridized carbons (Fsp3) is 0.143. The molecule has 0 bridgehead atoms. The van der Waals surface area contributed by atoms with Gasteiger partial charge in [0, 0.05) is 0 Å². The zero-order chi connectivity index (χ0) is 32.3. The number of rotatable bonds is 9. The first kappa shape index (κ1) is 39.6. The van der Waals surface area contributed by atoms with Crippen LogP contribution in [-0.2, 0) is 19.5 Å². The average Bonchev–Trinajstić information content (AvgIpc) is 2.96. The molecule has 230 valence electrons. The number of aryl methyl sites for hydroxylation is 4. The monoisotopic (exact) mass is 682 g/mol. The maximum Gasteiger partial charge on any atom is 1.00 e. The fourth-order valence-corrected chi connectivity index (χ4v) is 5.44. The molecule has 0 saturated heterocycles. The van der Waals surface area contributed by atoms with Crippen LogP contribution in [0.15, 0.2) is 78.8 Å². The van der Waals surface area contributed by atoms with E-state index < -0.39 is 15.0 Å². The van der Waals surface area contributed by atoms with Crippen molar-refractivity contribution in [1.29, 1.82) is 0 Å². The minimum atomic E-state index is -4.83. The van der Waals surface area contributed by atoms with Gasteiger partial charge in [-0.05, 0) is 97.5 Å². The molecule has 0 atom stereocenters. The summed E-state index contributed by atoms with van der Waals surface area (Å²) in [5.41, 5.74) is 30.2. The van der Waals surface area contributed by atoms with Crippen LogP contribution in [0.2, 0.25) is 0 Å². The summed E-state index contributed by atoms with van der Waals surface area (Å²) in [6.45, 7) is 7.02. The average molecular weight is 683 g/mol. The summed E-state index contributed by atoms with van der Waals surface area (Å²) in [5.74, 6) is 0. The van der Waals surface area contributed by atoms with Gasteiger partial charge in [0.05, 0.1) is 56.0 Å². The first-order chi connectivity index (χ1) is 20.7. The molecule has 4 aromatic rings. The van der Waals surface area contributed by atoms with Crippen molar-refractivity contribution >= 4 is 67.7 Å². The van der Waals surface area contributed by atoms with Gasteiger partial charge >= 0.3 is 59.1 Å². The molecule has 0 heterocycles. The number of nitrogens with zero attached hydrogens (tertiary/aromatic N) is 4. The Morgan fingerprint density at radius 2 is 1.11 bits per heavy atom. The number of nitrogens with two attached hydrogens (primary N) is 4. The van der Waals surface area contributed by atoms with E-state index in [1.54, 1.807) is 32.0 Å². The van der Waals surface area contributed by atoms with Crippen LogP contribution in [0.5, 0.6) is 0 Å². The zero-order valence-corrected chi connectivity index (χ0v) is 31.6. The second-order valence-electron chi connectivity index (χ2n) is 9.81. The molecule has 0 aliphatic heterocycles. The molecule has 14 nitrogen and oxygen atoms in total. The molecule has 0 fully saturated rings. The Kier molecular flexibility index (Phi) is 14.2. The Balaban J connectivity index is 0.00000368. The maximum atomic E-state index is 11.6. The molecule has 4 aromatic carbocycles. The van der Waals surface area contributed by atoms with E-state index >= 15 is 0 Å². The van der Waals surface area contributed by atoms with Crippen LogP contribution in [0.3, 0.4) is 0 Å². The standard InChI is InChI=1S/C28H30N8O6S2.2Na/c1-13-9-17(5-7-19(13)33-35-27-23(29)15(3)11-21(25(27)31)43-42-41-37)18-6-8-20(14(2)10-18)34-36-28-24(30)16(4)12-22(26(28)32)44(38,39)40;;/h5-12,37H,29-32H2,1-4H3,(H,38,39,40);;/q;2*+1/p-2. The van der Waals surface area contributed by atoms with Gasteiger partial charge in [0.2, 0.25) is 0 Å². The van der Waals surface area contributed by atoms with Crippen molar-refractivity contribution in [2.75, 3.05) is 22.9 Å². The molecule has 0 aliphatic carbocycles. The Hall–Kier alpha value is -2.58. The Morgan fingerprint density at radius 1 is 0.652 bits per heavy atom. The van der Waals surface area contributed by atoms with Gasteiger partial charge in [-0.3, -0.25) is 5.04 Å². The predicted molar refractivity (Wildman–Crippen MR) is 166 cm³/mol. The first-order valence-corrected chi connectivity index (χ1v) is 14.9. The number of benzene rings is 4. The Morgan fingerprint density at radius 3 is 1.54 bits per heavy atom. The molecular formula is C28H28N8Na2O6S2. The van der Waals surface area contributed by atoms with Crippen molar-refractivity contribution in [1.82, 2.24) is 0 Å². The van der Waals surface area contributed by atoms with Crippen LogP contribution in [-0.4, -0.2) is 13.0 Å². The zero-order valence-electron chi connectivity index (χ0n) is 26.0. The van der Waals surface area contributed by atoms with Crippen molar-refractivity contribution in [3.63, 3.8) is 0 Å². The molecule has 0 radical (unpaired) electrons. The summed E-state index contributed by atoms with van der Waals surface area (Å²) in [5, 5.41) is 30.5. The molecule has 0 aliphatic rings. The second-order valence-corrected chi connectivity index (χ2v) is 11.9. The van der Waals surface area contributed by atoms with E-state index in [2.05, 4.69) is 29.8 Å². The van der Waals surface area contributed by atoms with Gasteiger partial charge < -0.3 is 32.7 Å². The minimum Gasteiger partial charge on any atom is -0.744 e. The predicted octanol–water partition coefficient (Wildman–Crippen LogP) is -0.110. The normalized spacial score (nSPS) is 11.5. The third-order valence-electron chi connectivity index (χ3n) is 6.76. The number of azo groups is 2. The molecule has 0 spiro atoms. The van der Waals surface area contributed by atoms with E-state index in [1.165, 1.54) is 0 Å². The minimum absolute atomic E-state index is 0. The fourth-order valence-electron chi connectivity index (χ4n) is 4.25. The molecule has 0 amide bonds. The van der Waals surface area contributed by atoms with Crippen LogP contribution in [0, 0.1) is 27.7 Å². The third-order valence-corrected chi connectivity index (χ3v) is 8.28. The van der Waals surface area contributed by atoms with Crippen LogP contribution in [0.4, 0.5) is 45.5 Å². The van der Waals surface area contributed by atoms with Crippen molar-refractivity contribution in [3.8, 4) is 11.1 Å². The van der Waals surface area contributed by atoms with Crippen LogP contribution in [0.1, 0.15) is 22.3 Å². The maximum absolute atomic E-state index is 11.6. The molecule has 8 N–H and O–H groups in total. The van der Waals surface area contributed by atoms with Crippen LogP contribution >= 0.6 is 12.0 Å². The van der Waals surface area contributed by atoms with Crippen LogP contribution in [0.25, 0.3) is 11.1 Å². The molecule has 0 unspecified atom stereocenters. The van der Waals surface area contributed by atoms with Crippen molar-refractivity contribution in [2.24, 2.45) is 20.5 Å². The second kappa shape index (κ2) is 16.5. The quantitative estimate of drug-likeness (QED) is 0.0345. The summed E-state index contributed by atoms with van der Waals surface area (Å²) in [6.07, 6.45) is 0. The summed E-state index contributed by atoms with van der Waals surface area (Å²) in [7, 11) is -4.83. The van der Waals surface area contributed by atoms with E-state index in [0.717, 1.165) is 28.3 Å². The summed E-state index contributed by atoms with van der Waals surface area (Å²) >= 11 is 0.641. The van der Waals surface area contributed by atoms with Gasteiger partial charge in [0.1, 0.15) is 21.5 Å².